The summed E-state index contributed by atoms with van der Waals surface area (Å²) in [5, 5.41) is 0. The Balaban J connectivity index is 2.82. The van der Waals surface area contributed by atoms with Gasteiger partial charge in [0.1, 0.15) is 0 Å². The fourth-order valence-electron chi connectivity index (χ4n) is 0.496. The lowest BCUT2D eigenvalue weighted by Crippen LogP contribution is -1.97. The Morgan fingerprint density at radius 2 is 2.44 bits per heavy atom. The minimum Gasteiger partial charge on any atom is -0.468 e. The number of halogens is 1. The maximum Gasteiger partial charge on any atom is 0.293 e. The van der Waals surface area contributed by atoms with E-state index in [4.69, 9.17) is 0 Å². The van der Waals surface area contributed by atoms with Crippen molar-refractivity contribution in [3.63, 3.8) is 0 Å². The number of ether oxygens (including phenoxy) is 1. The Morgan fingerprint density at radius 1 is 1.78 bits per heavy atom. The van der Waals surface area contributed by atoms with Gasteiger partial charge < -0.3 is 4.74 Å². The number of carbonyl (C=O) groups excluding carboxylic acids is 1. The predicted octanol–water partition coefficient (Wildman–Crippen LogP) is 1.30. The number of hydrogen-bond donors (Lipinski definition) is 0. The van der Waals surface area contributed by atoms with Gasteiger partial charge in [-0.3, -0.25) is 4.79 Å². The molecule has 0 saturated carbocycles. The summed E-state index contributed by atoms with van der Waals surface area (Å²) in [7, 11) is 0. The van der Waals surface area contributed by atoms with Gasteiger partial charge in [0, 0.05) is 0 Å². The second-order valence-electron chi connectivity index (χ2n) is 1.89. The number of hydrogen-bond acceptors (Lipinski definition) is 2. The maximum atomic E-state index is 12.0. The summed E-state index contributed by atoms with van der Waals surface area (Å²) in [6.07, 6.45) is 0.282. The zero-order valence-electron chi connectivity index (χ0n) is 5.47. The van der Waals surface area contributed by atoms with Crippen molar-refractivity contribution in [2.45, 2.75) is 25.9 Å². The van der Waals surface area contributed by atoms with Crippen LogP contribution in [0.25, 0.3) is 0 Å². The van der Waals surface area contributed by atoms with E-state index in [9.17, 15) is 9.18 Å². The first-order valence-corrected chi connectivity index (χ1v) is 2.96. The third-order valence-electron chi connectivity index (χ3n) is 0.932. The van der Waals surface area contributed by atoms with E-state index in [1.165, 1.54) is 6.92 Å². The number of carbonyl (C=O) groups is 1. The minimum absolute atomic E-state index is 0.331. The molecule has 0 aromatic carbocycles. The van der Waals surface area contributed by atoms with Crippen LogP contribution in [0.2, 0.25) is 0 Å². The van der Waals surface area contributed by atoms with Crippen LogP contribution < -0.4 is 0 Å². The van der Waals surface area contributed by atoms with Crippen molar-refractivity contribution in [1.29, 1.82) is 0 Å². The molecular formula is C6H11FO2. The largest absolute Gasteiger partial charge is 0.468 e. The molecule has 0 aromatic rings. The summed E-state index contributed by atoms with van der Waals surface area (Å²) in [5.41, 5.74) is 0. The van der Waals surface area contributed by atoms with Gasteiger partial charge in [0.2, 0.25) is 0 Å². The molecule has 0 heterocycles. The zero-order chi connectivity index (χ0) is 7.11. The van der Waals surface area contributed by atoms with Gasteiger partial charge in [0.05, 0.1) is 12.8 Å². The fraction of sp³-hybridized carbons (Fsp3) is 0.833. The molecule has 0 fully saturated rings. The molecule has 1 unspecified atom stereocenters. The molecule has 0 spiro atoms. The fourth-order valence-corrected chi connectivity index (χ4v) is 0.496. The normalized spacial score (nSPS) is 12.7. The van der Waals surface area contributed by atoms with Gasteiger partial charge in [-0.1, -0.05) is 0 Å². The molecule has 0 saturated heterocycles. The standard InChI is InChI=1S/C6H11FO2/c1-6(7)3-2-4-9-5-8/h5-6H,2-4H2,1H3. The van der Waals surface area contributed by atoms with Gasteiger partial charge >= 0.3 is 0 Å². The summed E-state index contributed by atoms with van der Waals surface area (Å²) in [6, 6.07) is 0. The van der Waals surface area contributed by atoms with E-state index >= 15 is 0 Å². The van der Waals surface area contributed by atoms with Crippen molar-refractivity contribution >= 4 is 6.47 Å². The molecule has 0 N–H and O–H groups in total. The smallest absolute Gasteiger partial charge is 0.293 e. The number of alkyl halides is 1. The first kappa shape index (κ1) is 8.40. The van der Waals surface area contributed by atoms with Gasteiger partial charge in [-0.25, -0.2) is 4.39 Å². The molecule has 0 aromatic heterocycles. The topological polar surface area (TPSA) is 26.3 Å². The Kier molecular flexibility index (Phi) is 5.17. The quantitative estimate of drug-likeness (QED) is 0.418. The molecule has 0 bridgehead atoms. The monoisotopic (exact) mass is 134 g/mol. The van der Waals surface area contributed by atoms with Crippen LogP contribution in [0.3, 0.4) is 0 Å². The molecule has 0 radical (unpaired) electrons. The molecule has 0 rings (SSSR count). The molecule has 2 nitrogen and oxygen atoms in total. The van der Waals surface area contributed by atoms with Gasteiger partial charge in [-0.05, 0) is 19.8 Å². The van der Waals surface area contributed by atoms with Gasteiger partial charge in [-0.2, -0.15) is 0 Å². The van der Waals surface area contributed by atoms with Crippen molar-refractivity contribution < 1.29 is 13.9 Å². The predicted molar refractivity (Wildman–Crippen MR) is 31.8 cm³/mol. The van der Waals surface area contributed by atoms with Crippen LogP contribution in [0.15, 0.2) is 0 Å². The molecule has 9 heavy (non-hydrogen) atoms. The molecule has 0 aliphatic heterocycles. The summed E-state index contributed by atoms with van der Waals surface area (Å²) in [4.78, 5) is 9.53. The van der Waals surface area contributed by atoms with Gasteiger partial charge in [0.25, 0.3) is 6.47 Å². The average Bonchev–Trinajstić information content (AvgIpc) is 1.80. The Labute approximate surface area is 54.0 Å². The van der Waals surface area contributed by atoms with E-state index < -0.39 is 6.17 Å². The maximum absolute atomic E-state index is 12.0. The third-order valence-corrected chi connectivity index (χ3v) is 0.932. The summed E-state index contributed by atoms with van der Waals surface area (Å²) in [6.45, 7) is 2.20. The van der Waals surface area contributed by atoms with E-state index in [-0.39, 0.29) is 0 Å². The SMILES string of the molecule is CC(F)CCCOC=O. The zero-order valence-corrected chi connectivity index (χ0v) is 5.47. The first-order valence-electron chi connectivity index (χ1n) is 2.96. The van der Waals surface area contributed by atoms with Crippen molar-refractivity contribution in [2.24, 2.45) is 0 Å². The summed E-state index contributed by atoms with van der Waals surface area (Å²) in [5.74, 6) is 0. The van der Waals surface area contributed by atoms with Crippen molar-refractivity contribution in [2.75, 3.05) is 6.61 Å². The Morgan fingerprint density at radius 3 is 2.89 bits per heavy atom. The highest BCUT2D eigenvalue weighted by Crippen LogP contribution is 1.99. The van der Waals surface area contributed by atoms with E-state index in [0.29, 0.717) is 25.9 Å². The van der Waals surface area contributed by atoms with E-state index in [0.717, 1.165) is 0 Å². The van der Waals surface area contributed by atoms with Crippen LogP contribution in [-0.2, 0) is 9.53 Å². The van der Waals surface area contributed by atoms with Crippen LogP contribution in [0.5, 0.6) is 0 Å². The lowest BCUT2D eigenvalue weighted by molar-refractivity contribution is -0.128. The molecule has 0 amide bonds. The van der Waals surface area contributed by atoms with Crippen molar-refractivity contribution in [3.05, 3.63) is 0 Å². The summed E-state index contributed by atoms with van der Waals surface area (Å²) >= 11 is 0. The first-order chi connectivity index (χ1) is 4.27. The number of rotatable bonds is 5. The second kappa shape index (κ2) is 5.54. The third kappa shape index (κ3) is 7.40. The van der Waals surface area contributed by atoms with E-state index in [1.54, 1.807) is 0 Å². The molecular weight excluding hydrogens is 123 g/mol. The van der Waals surface area contributed by atoms with Crippen LogP contribution in [0.1, 0.15) is 19.8 Å². The molecule has 1 atom stereocenters. The Hall–Kier alpha value is -0.600. The van der Waals surface area contributed by atoms with Crippen LogP contribution in [0, 0.1) is 0 Å². The van der Waals surface area contributed by atoms with Crippen LogP contribution in [0.4, 0.5) is 4.39 Å². The molecule has 3 heteroatoms. The van der Waals surface area contributed by atoms with E-state index in [1.807, 2.05) is 0 Å². The molecule has 0 aliphatic rings. The summed E-state index contributed by atoms with van der Waals surface area (Å²) < 4.78 is 16.3. The lowest BCUT2D eigenvalue weighted by Gasteiger charge is -1.98. The highest BCUT2D eigenvalue weighted by Gasteiger charge is 1.95. The van der Waals surface area contributed by atoms with Gasteiger partial charge in [0.15, 0.2) is 0 Å². The van der Waals surface area contributed by atoms with Crippen LogP contribution in [-0.4, -0.2) is 19.3 Å². The van der Waals surface area contributed by atoms with Crippen LogP contribution >= 0.6 is 0 Å². The highest BCUT2D eigenvalue weighted by atomic mass is 19.1. The second-order valence-corrected chi connectivity index (χ2v) is 1.89. The molecule has 54 valence electrons. The Bertz CT molecular complexity index is 73.5. The molecule has 0 aliphatic carbocycles. The average molecular weight is 134 g/mol. The van der Waals surface area contributed by atoms with Crippen molar-refractivity contribution in [1.82, 2.24) is 0 Å². The lowest BCUT2D eigenvalue weighted by atomic mass is 10.2. The van der Waals surface area contributed by atoms with Gasteiger partial charge in [-0.15, -0.1) is 0 Å². The van der Waals surface area contributed by atoms with E-state index in [2.05, 4.69) is 4.74 Å². The van der Waals surface area contributed by atoms with Crippen molar-refractivity contribution in [3.8, 4) is 0 Å². The minimum atomic E-state index is -0.791. The highest BCUT2D eigenvalue weighted by molar-refractivity contribution is 5.36.